The Balaban J connectivity index is 2.35. The summed E-state index contributed by atoms with van der Waals surface area (Å²) in [6.07, 6.45) is 4.25. The molecule has 0 aliphatic heterocycles. The summed E-state index contributed by atoms with van der Waals surface area (Å²) in [5, 5.41) is 6.77. The highest BCUT2D eigenvalue weighted by molar-refractivity contribution is 5.75. The van der Waals surface area contributed by atoms with E-state index in [1.54, 1.807) is 23.1 Å². The molecule has 1 aromatic rings. The van der Waals surface area contributed by atoms with Crippen LogP contribution in [0.1, 0.15) is 13.3 Å². The molecule has 0 bridgehead atoms. The summed E-state index contributed by atoms with van der Waals surface area (Å²) in [7, 11) is 0. The van der Waals surface area contributed by atoms with Gasteiger partial charge in [0.05, 0.1) is 0 Å². The second-order valence-corrected chi connectivity index (χ2v) is 3.11. The molecular formula is C9H16N4O. The van der Waals surface area contributed by atoms with E-state index in [-0.39, 0.29) is 18.5 Å². The quantitative estimate of drug-likeness (QED) is 0.681. The molecule has 1 aromatic heterocycles. The van der Waals surface area contributed by atoms with E-state index in [0.717, 1.165) is 6.42 Å². The average molecular weight is 196 g/mol. The Morgan fingerprint density at radius 2 is 2.50 bits per heavy atom. The lowest BCUT2D eigenvalue weighted by atomic mass is 10.2. The molecule has 5 nitrogen and oxygen atoms in total. The lowest BCUT2D eigenvalue weighted by molar-refractivity contribution is -0.122. The largest absolute Gasteiger partial charge is 0.351 e. The van der Waals surface area contributed by atoms with E-state index in [9.17, 15) is 4.79 Å². The average Bonchev–Trinajstić information content (AvgIpc) is 2.66. The normalized spacial score (nSPS) is 12.4. The fraction of sp³-hybridized carbons (Fsp3) is 0.556. The number of hydrogen-bond acceptors (Lipinski definition) is 3. The molecule has 1 amide bonds. The van der Waals surface area contributed by atoms with Gasteiger partial charge in [0.2, 0.25) is 5.91 Å². The van der Waals surface area contributed by atoms with Gasteiger partial charge in [-0.15, -0.1) is 0 Å². The van der Waals surface area contributed by atoms with Gasteiger partial charge in [0.1, 0.15) is 6.54 Å². The zero-order valence-corrected chi connectivity index (χ0v) is 8.31. The third-order valence-electron chi connectivity index (χ3n) is 2.01. The first-order valence-electron chi connectivity index (χ1n) is 4.73. The summed E-state index contributed by atoms with van der Waals surface area (Å²) in [6.45, 7) is 2.72. The van der Waals surface area contributed by atoms with Gasteiger partial charge in [0.25, 0.3) is 0 Å². The molecule has 0 radical (unpaired) electrons. The standard InChI is InChI=1S/C9H16N4O/c1-2-8(6-10)12-9(14)7-13-5-3-4-11-13/h3-5,8H,2,6-7,10H2,1H3,(H,12,14). The van der Waals surface area contributed by atoms with Gasteiger partial charge in [-0.1, -0.05) is 6.92 Å². The van der Waals surface area contributed by atoms with Crippen LogP contribution in [-0.4, -0.2) is 28.3 Å². The predicted octanol–water partition coefficient (Wildman–Crippen LogP) is -0.263. The first-order valence-corrected chi connectivity index (χ1v) is 4.73. The molecule has 0 saturated carbocycles. The van der Waals surface area contributed by atoms with Crippen LogP contribution in [-0.2, 0) is 11.3 Å². The minimum Gasteiger partial charge on any atom is -0.351 e. The van der Waals surface area contributed by atoms with Crippen molar-refractivity contribution in [2.45, 2.75) is 25.9 Å². The topological polar surface area (TPSA) is 72.9 Å². The van der Waals surface area contributed by atoms with E-state index < -0.39 is 0 Å². The van der Waals surface area contributed by atoms with Crippen LogP contribution in [0.5, 0.6) is 0 Å². The summed E-state index contributed by atoms with van der Waals surface area (Å²) in [6, 6.07) is 1.85. The van der Waals surface area contributed by atoms with Crippen LogP contribution < -0.4 is 11.1 Å². The Kier molecular flexibility index (Phi) is 4.12. The maximum Gasteiger partial charge on any atom is 0.241 e. The van der Waals surface area contributed by atoms with Crippen molar-refractivity contribution in [3.63, 3.8) is 0 Å². The SMILES string of the molecule is CCC(CN)NC(=O)Cn1cccn1. The Morgan fingerprint density at radius 1 is 1.71 bits per heavy atom. The fourth-order valence-electron chi connectivity index (χ4n) is 1.14. The van der Waals surface area contributed by atoms with Crippen molar-refractivity contribution in [2.75, 3.05) is 6.54 Å². The molecule has 3 N–H and O–H groups in total. The van der Waals surface area contributed by atoms with E-state index in [1.165, 1.54) is 0 Å². The van der Waals surface area contributed by atoms with Gasteiger partial charge in [0.15, 0.2) is 0 Å². The number of amides is 1. The molecule has 1 unspecified atom stereocenters. The molecule has 0 saturated heterocycles. The van der Waals surface area contributed by atoms with E-state index in [2.05, 4.69) is 10.4 Å². The van der Waals surface area contributed by atoms with E-state index in [1.807, 2.05) is 6.92 Å². The molecular weight excluding hydrogens is 180 g/mol. The van der Waals surface area contributed by atoms with Crippen LogP contribution in [0.25, 0.3) is 0 Å². The van der Waals surface area contributed by atoms with Gasteiger partial charge in [-0.05, 0) is 12.5 Å². The second kappa shape index (κ2) is 5.39. The smallest absolute Gasteiger partial charge is 0.241 e. The number of hydrogen-bond donors (Lipinski definition) is 2. The van der Waals surface area contributed by atoms with Crippen LogP contribution in [0.3, 0.4) is 0 Å². The van der Waals surface area contributed by atoms with Gasteiger partial charge >= 0.3 is 0 Å². The van der Waals surface area contributed by atoms with Crippen LogP contribution in [0.4, 0.5) is 0 Å². The van der Waals surface area contributed by atoms with Gasteiger partial charge < -0.3 is 11.1 Å². The Bertz CT molecular complexity index is 266. The molecule has 14 heavy (non-hydrogen) atoms. The molecule has 1 atom stereocenters. The monoisotopic (exact) mass is 196 g/mol. The zero-order valence-electron chi connectivity index (χ0n) is 8.31. The third-order valence-corrected chi connectivity index (χ3v) is 2.01. The summed E-state index contributed by atoms with van der Waals surface area (Å²) < 4.78 is 1.58. The fourth-order valence-corrected chi connectivity index (χ4v) is 1.14. The van der Waals surface area contributed by atoms with Crippen molar-refractivity contribution in [3.05, 3.63) is 18.5 Å². The minimum atomic E-state index is -0.0500. The number of carbonyl (C=O) groups is 1. The maximum absolute atomic E-state index is 11.4. The second-order valence-electron chi connectivity index (χ2n) is 3.11. The van der Waals surface area contributed by atoms with Gasteiger partial charge in [-0.25, -0.2) is 0 Å². The maximum atomic E-state index is 11.4. The molecule has 0 aromatic carbocycles. The molecule has 1 heterocycles. The number of carbonyl (C=O) groups excluding carboxylic acids is 1. The summed E-state index contributed by atoms with van der Waals surface area (Å²) in [5.41, 5.74) is 5.47. The summed E-state index contributed by atoms with van der Waals surface area (Å²) in [5.74, 6) is -0.0500. The predicted molar refractivity (Wildman–Crippen MR) is 53.5 cm³/mol. The van der Waals surface area contributed by atoms with Crippen molar-refractivity contribution in [2.24, 2.45) is 5.73 Å². The Hall–Kier alpha value is -1.36. The minimum absolute atomic E-state index is 0.0500. The van der Waals surface area contributed by atoms with E-state index in [4.69, 9.17) is 5.73 Å². The van der Waals surface area contributed by atoms with E-state index >= 15 is 0 Å². The van der Waals surface area contributed by atoms with Crippen LogP contribution >= 0.6 is 0 Å². The van der Waals surface area contributed by atoms with Gasteiger partial charge in [-0.3, -0.25) is 9.48 Å². The highest BCUT2D eigenvalue weighted by Gasteiger charge is 2.08. The van der Waals surface area contributed by atoms with Gasteiger partial charge in [-0.2, -0.15) is 5.10 Å². The molecule has 0 aliphatic rings. The van der Waals surface area contributed by atoms with Crippen molar-refractivity contribution in [3.8, 4) is 0 Å². The highest BCUT2D eigenvalue weighted by Crippen LogP contribution is 1.89. The van der Waals surface area contributed by atoms with Gasteiger partial charge in [0, 0.05) is 25.0 Å². The van der Waals surface area contributed by atoms with Crippen LogP contribution in [0.2, 0.25) is 0 Å². The number of nitrogens with one attached hydrogen (secondary N) is 1. The van der Waals surface area contributed by atoms with Crippen molar-refractivity contribution in [1.82, 2.24) is 15.1 Å². The van der Waals surface area contributed by atoms with Crippen molar-refractivity contribution in [1.29, 1.82) is 0 Å². The van der Waals surface area contributed by atoms with Crippen LogP contribution in [0, 0.1) is 0 Å². The zero-order chi connectivity index (χ0) is 10.4. The number of aromatic nitrogens is 2. The highest BCUT2D eigenvalue weighted by atomic mass is 16.2. The van der Waals surface area contributed by atoms with Crippen LogP contribution in [0.15, 0.2) is 18.5 Å². The summed E-state index contributed by atoms with van der Waals surface area (Å²) >= 11 is 0. The number of nitrogens with two attached hydrogens (primary N) is 1. The Morgan fingerprint density at radius 3 is 3.00 bits per heavy atom. The number of nitrogens with zero attached hydrogens (tertiary/aromatic N) is 2. The third kappa shape index (κ3) is 3.18. The molecule has 1 rings (SSSR count). The number of rotatable bonds is 5. The Labute approximate surface area is 83.3 Å². The molecule has 0 spiro atoms. The first kappa shape index (κ1) is 10.7. The summed E-state index contributed by atoms with van der Waals surface area (Å²) in [4.78, 5) is 11.4. The molecule has 0 fully saturated rings. The molecule has 0 aliphatic carbocycles. The van der Waals surface area contributed by atoms with Crippen molar-refractivity contribution < 1.29 is 4.79 Å². The van der Waals surface area contributed by atoms with E-state index in [0.29, 0.717) is 6.54 Å². The lowest BCUT2D eigenvalue weighted by Gasteiger charge is -2.14. The first-order chi connectivity index (χ1) is 6.76. The lowest BCUT2D eigenvalue weighted by Crippen LogP contribution is -2.41. The molecule has 5 heteroatoms. The van der Waals surface area contributed by atoms with Crippen molar-refractivity contribution >= 4 is 5.91 Å². The molecule has 78 valence electrons.